The molecule has 5 heterocycles. The van der Waals surface area contributed by atoms with Crippen molar-refractivity contribution in [1.29, 1.82) is 0 Å². The van der Waals surface area contributed by atoms with Crippen LogP contribution in [0.1, 0.15) is 129 Å². The number of carbonyl (C=O) groups is 2. The van der Waals surface area contributed by atoms with Gasteiger partial charge in [0.25, 0.3) is 0 Å². The molecule has 0 aromatic carbocycles. The third kappa shape index (κ3) is 8.27. The van der Waals surface area contributed by atoms with Crippen molar-refractivity contribution in [3.8, 4) is 0 Å². The molecule has 0 saturated carbocycles. The summed E-state index contributed by atoms with van der Waals surface area (Å²) in [6.45, 7) is 14.5. The predicted molar refractivity (Wildman–Crippen MR) is 188 cm³/mol. The highest BCUT2D eigenvalue weighted by Gasteiger charge is 2.44. The zero-order chi connectivity index (χ0) is 35.3. The van der Waals surface area contributed by atoms with Crippen molar-refractivity contribution in [3.63, 3.8) is 0 Å². The van der Waals surface area contributed by atoms with Crippen molar-refractivity contribution in [3.05, 3.63) is 33.9 Å². The van der Waals surface area contributed by atoms with Crippen LogP contribution in [0.4, 0.5) is 0 Å². The molecule has 7 rings (SSSR count). The second-order valence-electron chi connectivity index (χ2n) is 15.9. The number of aromatic nitrogens is 4. The Hall–Kier alpha value is -2.44. The molecule has 1 unspecified atom stereocenters. The van der Waals surface area contributed by atoms with E-state index in [4.69, 9.17) is 24.0 Å². The Labute approximate surface area is 297 Å². The van der Waals surface area contributed by atoms with Crippen LogP contribution in [0, 0.1) is 22.7 Å². The lowest BCUT2D eigenvalue weighted by Gasteiger charge is -2.39. The maximum atomic E-state index is 13.0. The van der Waals surface area contributed by atoms with Gasteiger partial charge in [0.1, 0.15) is 0 Å². The molecule has 2 aliphatic carbocycles. The highest BCUT2D eigenvalue weighted by Crippen LogP contribution is 2.45. The second-order valence-corrected chi connectivity index (χ2v) is 15.9. The summed E-state index contributed by atoms with van der Waals surface area (Å²) in [5.41, 5.74) is 6.03. The lowest BCUT2D eigenvalue weighted by atomic mass is 9.68. The Balaban J connectivity index is 0.000000178. The van der Waals surface area contributed by atoms with Gasteiger partial charge in [-0.1, -0.05) is 27.7 Å². The van der Waals surface area contributed by atoms with Crippen LogP contribution < -0.4 is 0 Å². The Bertz CT molecular complexity index is 1460. The molecule has 3 saturated heterocycles. The van der Waals surface area contributed by atoms with Crippen LogP contribution in [-0.4, -0.2) is 88.8 Å². The van der Waals surface area contributed by atoms with E-state index in [1.165, 1.54) is 6.42 Å². The molecule has 2 aromatic rings. The van der Waals surface area contributed by atoms with Gasteiger partial charge >= 0.3 is 0 Å². The number of ketones is 2. The van der Waals surface area contributed by atoms with Crippen molar-refractivity contribution in [2.45, 2.75) is 131 Å². The fourth-order valence-electron chi connectivity index (χ4n) is 8.73. The Morgan fingerprint density at radius 2 is 1.26 bits per heavy atom. The number of hydrogen-bond acceptors (Lipinski definition) is 9. The average Bonchev–Trinajstić information content (AvgIpc) is 3.65. The van der Waals surface area contributed by atoms with E-state index in [0.29, 0.717) is 31.9 Å². The third-order valence-corrected chi connectivity index (χ3v) is 11.7. The number of aryl methyl sites for hydroxylation is 2. The van der Waals surface area contributed by atoms with Crippen molar-refractivity contribution in [2.24, 2.45) is 22.7 Å². The molecule has 50 heavy (non-hydrogen) atoms. The van der Waals surface area contributed by atoms with Crippen LogP contribution in [0.2, 0.25) is 0 Å². The molecular weight excluding hydrogens is 636 g/mol. The molecule has 1 N–H and O–H groups in total. The molecular formula is C39H60N4O7. The van der Waals surface area contributed by atoms with Crippen molar-refractivity contribution in [1.82, 2.24) is 19.6 Å². The minimum Gasteiger partial charge on any atom is -0.396 e. The number of hydrogen-bond donors (Lipinski definition) is 1. The Morgan fingerprint density at radius 3 is 1.70 bits per heavy atom. The number of nitrogens with zero attached hydrogens (tertiary/aromatic N) is 4. The van der Waals surface area contributed by atoms with E-state index in [0.717, 1.165) is 138 Å². The van der Waals surface area contributed by atoms with Crippen LogP contribution in [-0.2, 0) is 57.7 Å². The molecule has 0 amide bonds. The summed E-state index contributed by atoms with van der Waals surface area (Å²) < 4.78 is 26.8. The van der Waals surface area contributed by atoms with E-state index in [1.807, 2.05) is 11.6 Å². The number of rotatable bonds is 10. The van der Waals surface area contributed by atoms with Crippen molar-refractivity contribution in [2.75, 3.05) is 46.2 Å². The average molecular weight is 697 g/mol. The van der Waals surface area contributed by atoms with Crippen molar-refractivity contribution < 1.29 is 33.6 Å². The van der Waals surface area contributed by atoms with Gasteiger partial charge in [0.2, 0.25) is 0 Å². The molecule has 2 spiro atoms. The number of aliphatic hydroxyl groups is 1. The van der Waals surface area contributed by atoms with E-state index in [1.54, 1.807) is 0 Å². The Kier molecular flexibility index (Phi) is 12.3. The van der Waals surface area contributed by atoms with Gasteiger partial charge in [-0.05, 0) is 93.3 Å². The van der Waals surface area contributed by atoms with E-state index in [-0.39, 0.29) is 41.2 Å². The summed E-state index contributed by atoms with van der Waals surface area (Å²) in [5, 5.41) is 18.9. The minimum atomic E-state index is -0.0546. The molecule has 0 radical (unpaired) electrons. The van der Waals surface area contributed by atoms with E-state index in [2.05, 4.69) is 30.6 Å². The molecule has 3 atom stereocenters. The highest BCUT2D eigenvalue weighted by atomic mass is 16.7. The van der Waals surface area contributed by atoms with Gasteiger partial charge in [0.05, 0.1) is 40.5 Å². The second kappa shape index (κ2) is 16.5. The molecule has 2 aromatic heterocycles. The lowest BCUT2D eigenvalue weighted by molar-refractivity contribution is -0.168. The summed E-state index contributed by atoms with van der Waals surface area (Å²) in [5.74, 6) is 1.01. The first-order chi connectivity index (χ1) is 24.2. The van der Waals surface area contributed by atoms with Gasteiger partial charge in [-0.25, -0.2) is 0 Å². The SMILES string of the molecule is CCc1nn(C[C@@H](C)CO)c2c1C(=O)CC1(CCOCC1)C2.CCc1nn(C[C@@H](C)COC2CCCCO2)c2c1C(=O)CC1(CCOCC1)C2. The topological polar surface area (TPSA) is 127 Å². The fraction of sp³-hybridized carbons (Fsp3) is 0.795. The zero-order valence-corrected chi connectivity index (χ0v) is 31.0. The summed E-state index contributed by atoms with van der Waals surface area (Å²) in [6, 6.07) is 0. The maximum Gasteiger partial charge on any atom is 0.167 e. The summed E-state index contributed by atoms with van der Waals surface area (Å²) >= 11 is 0. The van der Waals surface area contributed by atoms with E-state index in [9.17, 15) is 14.7 Å². The summed E-state index contributed by atoms with van der Waals surface area (Å²) in [4.78, 5) is 25.8. The number of fused-ring (bicyclic) bond motifs is 2. The zero-order valence-electron chi connectivity index (χ0n) is 31.0. The number of ether oxygens (including phenoxy) is 4. The molecule has 0 bridgehead atoms. The smallest absolute Gasteiger partial charge is 0.167 e. The Morgan fingerprint density at radius 1 is 0.760 bits per heavy atom. The van der Waals surface area contributed by atoms with Gasteiger partial charge in [-0.2, -0.15) is 10.2 Å². The van der Waals surface area contributed by atoms with Crippen LogP contribution in [0.25, 0.3) is 0 Å². The van der Waals surface area contributed by atoms with Gasteiger partial charge in [-0.3, -0.25) is 19.0 Å². The van der Waals surface area contributed by atoms with Crippen LogP contribution in [0.15, 0.2) is 0 Å². The standard InChI is InChI=1S/C22H34N2O4.C17H26N2O3/c1-3-17-21-18(12-22(13-19(21)25)7-10-26-11-8-22)24(23-17)14-16(2)15-28-20-6-4-5-9-27-20;1-3-13-16-14(19(18-13)10-12(2)11-20)8-17(9-15(16)21)4-6-22-7-5-17/h16,20H,3-15H2,1-2H3;12,20H,3-11H2,1-2H3/t16-,20?;12-/m11/s1. The molecule has 3 aliphatic heterocycles. The van der Waals surface area contributed by atoms with E-state index < -0.39 is 0 Å². The lowest BCUT2D eigenvalue weighted by Crippen LogP contribution is -2.38. The first kappa shape index (κ1) is 37.3. The van der Waals surface area contributed by atoms with Gasteiger partial charge < -0.3 is 24.1 Å². The summed E-state index contributed by atoms with van der Waals surface area (Å²) in [6.07, 6.45) is 11.9. The minimum absolute atomic E-state index is 0.0546. The quantitative estimate of drug-likeness (QED) is 0.340. The van der Waals surface area contributed by atoms with Gasteiger partial charge in [0.15, 0.2) is 17.9 Å². The number of carbonyl (C=O) groups excluding carboxylic acids is 2. The molecule has 3 fully saturated rings. The van der Waals surface area contributed by atoms with E-state index >= 15 is 0 Å². The first-order valence-corrected chi connectivity index (χ1v) is 19.4. The largest absolute Gasteiger partial charge is 0.396 e. The predicted octanol–water partition coefficient (Wildman–Crippen LogP) is 5.55. The molecule has 11 nitrogen and oxygen atoms in total. The maximum absolute atomic E-state index is 13.0. The van der Waals surface area contributed by atoms with Gasteiger partial charge in [-0.15, -0.1) is 0 Å². The van der Waals surface area contributed by atoms with Crippen LogP contribution in [0.3, 0.4) is 0 Å². The fourth-order valence-corrected chi connectivity index (χ4v) is 8.73. The monoisotopic (exact) mass is 696 g/mol. The van der Waals surface area contributed by atoms with Crippen LogP contribution in [0.5, 0.6) is 0 Å². The molecule has 5 aliphatic rings. The normalized spacial score (nSPS) is 24.0. The molecule has 278 valence electrons. The van der Waals surface area contributed by atoms with Gasteiger partial charge in [0, 0.05) is 65.6 Å². The summed E-state index contributed by atoms with van der Waals surface area (Å²) in [7, 11) is 0. The third-order valence-electron chi connectivity index (χ3n) is 11.7. The molecule has 11 heteroatoms. The highest BCUT2D eigenvalue weighted by molar-refractivity contribution is 6.00. The number of aliphatic hydroxyl groups excluding tert-OH is 1. The van der Waals surface area contributed by atoms with Crippen molar-refractivity contribution >= 4 is 11.6 Å². The van der Waals surface area contributed by atoms with Crippen LogP contribution >= 0.6 is 0 Å². The first-order valence-electron chi connectivity index (χ1n) is 19.4. The number of Topliss-reactive ketones (excluding diaryl/α,β-unsaturated/α-hetero) is 2.